The van der Waals surface area contributed by atoms with Crippen LogP contribution >= 0.6 is 0 Å². The van der Waals surface area contributed by atoms with Crippen molar-refractivity contribution in [1.82, 2.24) is 0 Å². The fourth-order valence-electron chi connectivity index (χ4n) is 1.58. The minimum Gasteiger partial charge on any atom is -0.477 e. The number of nitro benzene ring substituents is 1. The van der Waals surface area contributed by atoms with Gasteiger partial charge in [-0.3, -0.25) is 10.1 Å². The Labute approximate surface area is 119 Å². The number of sulfone groups is 1. The summed E-state index contributed by atoms with van der Waals surface area (Å²) in [6.45, 7) is 0.0842. The smallest absolute Gasteiger partial charge is 0.342 e. The molecule has 0 heterocycles. The van der Waals surface area contributed by atoms with Crippen molar-refractivity contribution in [1.29, 1.82) is 0 Å². The first-order valence-electron chi connectivity index (χ1n) is 5.74. The molecule has 0 atom stereocenters. The predicted molar refractivity (Wildman–Crippen MR) is 72.8 cm³/mol. The molecule has 116 valence electrons. The Morgan fingerprint density at radius 2 is 2.10 bits per heavy atom. The van der Waals surface area contributed by atoms with Gasteiger partial charge in [-0.2, -0.15) is 0 Å². The third-order valence-electron chi connectivity index (χ3n) is 2.52. The first-order chi connectivity index (χ1) is 9.61. The third-order valence-corrected chi connectivity index (χ3v) is 3.55. The molecular formula is C11H13FN2O6S. The summed E-state index contributed by atoms with van der Waals surface area (Å²) in [7, 11) is -3.15. The molecule has 0 amide bonds. The molecule has 1 aromatic carbocycles. The number of hydrogen-bond acceptors (Lipinski definition) is 6. The van der Waals surface area contributed by atoms with Crippen molar-refractivity contribution in [2.45, 2.75) is 6.42 Å². The Morgan fingerprint density at radius 1 is 1.48 bits per heavy atom. The van der Waals surface area contributed by atoms with Crippen molar-refractivity contribution >= 4 is 27.2 Å². The molecule has 0 saturated carbocycles. The van der Waals surface area contributed by atoms with E-state index in [-0.39, 0.29) is 24.4 Å². The summed E-state index contributed by atoms with van der Waals surface area (Å²) in [5, 5.41) is 22.0. The second-order valence-electron chi connectivity index (χ2n) is 4.32. The molecule has 0 radical (unpaired) electrons. The van der Waals surface area contributed by atoms with Crippen molar-refractivity contribution < 1.29 is 27.6 Å². The van der Waals surface area contributed by atoms with Crippen LogP contribution in [0, 0.1) is 15.9 Å². The van der Waals surface area contributed by atoms with Crippen LogP contribution in [0.1, 0.15) is 16.8 Å². The van der Waals surface area contributed by atoms with Crippen LogP contribution in [-0.2, 0) is 9.84 Å². The topological polar surface area (TPSA) is 127 Å². The van der Waals surface area contributed by atoms with Crippen LogP contribution in [0.5, 0.6) is 0 Å². The van der Waals surface area contributed by atoms with Crippen LogP contribution < -0.4 is 5.32 Å². The van der Waals surface area contributed by atoms with Gasteiger partial charge < -0.3 is 10.4 Å². The molecule has 21 heavy (non-hydrogen) atoms. The number of halogens is 1. The molecule has 0 bridgehead atoms. The van der Waals surface area contributed by atoms with Crippen molar-refractivity contribution in [3.63, 3.8) is 0 Å². The Kier molecular flexibility index (Phi) is 5.19. The lowest BCUT2D eigenvalue weighted by atomic mass is 10.1. The van der Waals surface area contributed by atoms with E-state index in [0.717, 1.165) is 12.3 Å². The molecule has 8 nitrogen and oxygen atoms in total. The number of nitrogens with one attached hydrogen (secondary N) is 1. The van der Waals surface area contributed by atoms with Gasteiger partial charge in [-0.05, 0) is 12.5 Å². The molecule has 0 fully saturated rings. The van der Waals surface area contributed by atoms with Gasteiger partial charge in [-0.15, -0.1) is 0 Å². The summed E-state index contributed by atoms with van der Waals surface area (Å²) in [4.78, 5) is 20.6. The minimum absolute atomic E-state index is 0.0842. The van der Waals surface area contributed by atoms with Crippen LogP contribution in [0.4, 0.5) is 15.8 Å². The SMILES string of the molecule is CS(=O)(=O)CCCNc1cc(C(=O)O)c([N+](=O)[O-])cc1F. The maximum absolute atomic E-state index is 13.6. The van der Waals surface area contributed by atoms with Gasteiger partial charge >= 0.3 is 5.97 Å². The van der Waals surface area contributed by atoms with Crippen molar-refractivity contribution in [3.05, 3.63) is 33.6 Å². The average molecular weight is 320 g/mol. The molecule has 10 heteroatoms. The number of nitrogens with zero attached hydrogens (tertiary/aromatic N) is 1. The molecule has 0 spiro atoms. The highest BCUT2D eigenvalue weighted by Gasteiger charge is 2.23. The number of carboxylic acid groups (broad SMARTS) is 1. The summed E-state index contributed by atoms with van der Waals surface area (Å²) in [5.41, 5.74) is -1.72. The average Bonchev–Trinajstić information content (AvgIpc) is 2.33. The number of carbonyl (C=O) groups is 1. The molecule has 1 rings (SSSR count). The molecule has 0 aliphatic carbocycles. The summed E-state index contributed by atoms with van der Waals surface area (Å²) in [5.74, 6) is -2.65. The van der Waals surface area contributed by atoms with E-state index < -0.39 is 37.8 Å². The highest BCUT2D eigenvalue weighted by Crippen LogP contribution is 2.26. The van der Waals surface area contributed by atoms with E-state index in [2.05, 4.69) is 5.32 Å². The summed E-state index contributed by atoms with van der Waals surface area (Å²) in [6.07, 6.45) is 1.25. The zero-order valence-electron chi connectivity index (χ0n) is 11.0. The second-order valence-corrected chi connectivity index (χ2v) is 6.58. The van der Waals surface area contributed by atoms with Crippen LogP contribution in [0.25, 0.3) is 0 Å². The number of nitro groups is 1. The van der Waals surface area contributed by atoms with Crippen LogP contribution in [0.15, 0.2) is 12.1 Å². The Hall–Kier alpha value is -2.23. The molecule has 0 unspecified atom stereocenters. The number of carboxylic acids is 1. The van der Waals surface area contributed by atoms with Crippen molar-refractivity contribution in [3.8, 4) is 0 Å². The predicted octanol–water partition coefficient (Wildman–Crippen LogP) is 1.28. The number of benzene rings is 1. The van der Waals surface area contributed by atoms with E-state index in [0.29, 0.717) is 6.07 Å². The van der Waals surface area contributed by atoms with Crippen molar-refractivity contribution in [2.75, 3.05) is 23.9 Å². The van der Waals surface area contributed by atoms with E-state index in [1.165, 1.54) is 0 Å². The fraction of sp³-hybridized carbons (Fsp3) is 0.364. The Balaban J connectivity index is 2.91. The second kappa shape index (κ2) is 6.48. The number of hydrogen-bond donors (Lipinski definition) is 2. The molecular weight excluding hydrogens is 307 g/mol. The molecule has 1 aromatic rings. The van der Waals surface area contributed by atoms with Crippen LogP contribution in [0.2, 0.25) is 0 Å². The van der Waals surface area contributed by atoms with Gasteiger partial charge in [-0.1, -0.05) is 0 Å². The molecule has 0 saturated heterocycles. The fourth-order valence-corrected chi connectivity index (χ4v) is 2.25. The van der Waals surface area contributed by atoms with E-state index in [9.17, 15) is 27.7 Å². The van der Waals surface area contributed by atoms with Gasteiger partial charge in [-0.25, -0.2) is 17.6 Å². The van der Waals surface area contributed by atoms with Crippen LogP contribution in [-0.4, -0.2) is 43.0 Å². The van der Waals surface area contributed by atoms with E-state index in [4.69, 9.17) is 5.11 Å². The first-order valence-corrected chi connectivity index (χ1v) is 7.80. The normalized spacial score (nSPS) is 11.1. The molecule has 0 aromatic heterocycles. The highest BCUT2D eigenvalue weighted by molar-refractivity contribution is 7.90. The zero-order chi connectivity index (χ0) is 16.2. The number of aromatic carboxylic acids is 1. The van der Waals surface area contributed by atoms with E-state index in [1.807, 2.05) is 0 Å². The Bertz CT molecular complexity index is 674. The summed E-state index contributed by atoms with van der Waals surface area (Å²) in [6, 6.07) is 1.33. The maximum Gasteiger partial charge on any atom is 0.342 e. The lowest BCUT2D eigenvalue weighted by Gasteiger charge is -2.08. The van der Waals surface area contributed by atoms with Gasteiger partial charge in [0.05, 0.1) is 22.4 Å². The standard InChI is InChI=1S/C11H13FN2O6S/c1-21(19,20)4-2-3-13-9-5-7(11(15)16)10(14(17)18)6-8(9)12/h5-6,13H,2-4H2,1H3,(H,15,16). The molecule has 0 aliphatic heterocycles. The van der Waals surface area contributed by atoms with Gasteiger partial charge in [0.25, 0.3) is 5.69 Å². The zero-order valence-corrected chi connectivity index (χ0v) is 11.8. The van der Waals surface area contributed by atoms with Crippen molar-refractivity contribution in [2.24, 2.45) is 0 Å². The number of rotatable bonds is 7. The van der Waals surface area contributed by atoms with Gasteiger partial charge in [0.2, 0.25) is 0 Å². The summed E-state index contributed by atoms with van der Waals surface area (Å²) >= 11 is 0. The Morgan fingerprint density at radius 3 is 2.57 bits per heavy atom. The minimum atomic E-state index is -3.15. The highest BCUT2D eigenvalue weighted by atomic mass is 32.2. The third kappa shape index (κ3) is 4.99. The van der Waals surface area contributed by atoms with Crippen LogP contribution in [0.3, 0.4) is 0 Å². The molecule has 0 aliphatic rings. The maximum atomic E-state index is 13.6. The van der Waals surface area contributed by atoms with Gasteiger partial charge in [0.1, 0.15) is 15.4 Å². The van der Waals surface area contributed by atoms with E-state index >= 15 is 0 Å². The first kappa shape index (κ1) is 16.8. The lowest BCUT2D eigenvalue weighted by molar-refractivity contribution is -0.385. The largest absolute Gasteiger partial charge is 0.477 e. The quantitative estimate of drug-likeness (QED) is 0.440. The summed E-state index contributed by atoms with van der Waals surface area (Å²) < 4.78 is 35.5. The van der Waals surface area contributed by atoms with Gasteiger partial charge in [0.15, 0.2) is 5.82 Å². The van der Waals surface area contributed by atoms with Gasteiger partial charge in [0, 0.05) is 12.8 Å². The lowest BCUT2D eigenvalue weighted by Crippen LogP contribution is -2.12. The number of anilines is 1. The molecule has 2 N–H and O–H groups in total. The van der Waals surface area contributed by atoms with E-state index in [1.54, 1.807) is 0 Å². The monoisotopic (exact) mass is 320 g/mol.